The molecule has 0 aliphatic rings. The molecule has 5 rings (SSSR count). The van der Waals surface area contributed by atoms with Gasteiger partial charge in [-0.25, -0.2) is 0 Å². The standard InChI is InChI=1S/C28H26BO3/c1-27(2,30)28(3,4)32-29-26-21(18-10-6-5-7-11-18)14-15-23-25(26)22-16-19-12-8-9-13-20(19)17-24(22)31-23/h5-17,30H,1-4H3. The highest BCUT2D eigenvalue weighted by Gasteiger charge is 2.36. The third-order valence-corrected chi connectivity index (χ3v) is 6.57. The second-order valence-corrected chi connectivity index (χ2v) is 9.37. The molecule has 5 aromatic rings. The quantitative estimate of drug-likeness (QED) is 0.343. The van der Waals surface area contributed by atoms with Crippen molar-refractivity contribution in [1.29, 1.82) is 0 Å². The number of aliphatic hydroxyl groups is 1. The summed E-state index contributed by atoms with van der Waals surface area (Å²) in [6.07, 6.45) is 0. The van der Waals surface area contributed by atoms with Crippen molar-refractivity contribution in [2.75, 3.05) is 0 Å². The molecule has 1 aromatic heterocycles. The van der Waals surface area contributed by atoms with Gasteiger partial charge in [0.05, 0.1) is 11.2 Å². The average molecular weight is 421 g/mol. The van der Waals surface area contributed by atoms with Crippen molar-refractivity contribution in [3.8, 4) is 11.1 Å². The SMILES string of the molecule is CC(C)(O)C(C)(C)O[B]c1c(-c2ccccc2)ccc2oc3cc4ccccc4cc3c12. The molecule has 0 saturated carbocycles. The summed E-state index contributed by atoms with van der Waals surface area (Å²) in [5.74, 6) is 0. The fourth-order valence-corrected chi connectivity index (χ4v) is 3.92. The molecular weight excluding hydrogens is 395 g/mol. The van der Waals surface area contributed by atoms with E-state index in [1.165, 1.54) is 0 Å². The van der Waals surface area contributed by atoms with Crippen LogP contribution in [0.2, 0.25) is 0 Å². The van der Waals surface area contributed by atoms with Crippen LogP contribution in [-0.4, -0.2) is 23.8 Å². The van der Waals surface area contributed by atoms with E-state index in [2.05, 4.69) is 42.5 Å². The molecule has 32 heavy (non-hydrogen) atoms. The molecule has 3 nitrogen and oxygen atoms in total. The molecule has 4 aromatic carbocycles. The Labute approximate surface area is 188 Å². The summed E-state index contributed by atoms with van der Waals surface area (Å²) in [6, 6.07) is 27.0. The lowest BCUT2D eigenvalue weighted by Gasteiger charge is -2.37. The number of rotatable bonds is 5. The van der Waals surface area contributed by atoms with E-state index in [-0.39, 0.29) is 0 Å². The van der Waals surface area contributed by atoms with Gasteiger partial charge < -0.3 is 14.2 Å². The number of furan rings is 1. The van der Waals surface area contributed by atoms with Crippen LogP contribution in [0.5, 0.6) is 0 Å². The number of fused-ring (bicyclic) bond motifs is 4. The van der Waals surface area contributed by atoms with Crippen molar-refractivity contribution in [1.82, 2.24) is 0 Å². The third-order valence-electron chi connectivity index (χ3n) is 6.57. The Balaban J connectivity index is 1.77. The monoisotopic (exact) mass is 421 g/mol. The first kappa shape index (κ1) is 20.8. The summed E-state index contributed by atoms with van der Waals surface area (Å²) in [6.45, 7) is 7.32. The van der Waals surface area contributed by atoms with Gasteiger partial charge in [-0.1, -0.05) is 60.7 Å². The predicted molar refractivity (Wildman–Crippen MR) is 134 cm³/mol. The fourth-order valence-electron chi connectivity index (χ4n) is 3.92. The molecular formula is C28H26BO3. The Morgan fingerprint density at radius 3 is 2.12 bits per heavy atom. The van der Waals surface area contributed by atoms with Crippen molar-refractivity contribution < 1.29 is 14.2 Å². The Kier molecular flexibility index (Phi) is 4.88. The van der Waals surface area contributed by atoms with Crippen LogP contribution in [0, 0.1) is 0 Å². The summed E-state index contributed by atoms with van der Waals surface area (Å²) in [5, 5.41) is 15.0. The summed E-state index contributed by atoms with van der Waals surface area (Å²) >= 11 is 0. The van der Waals surface area contributed by atoms with Crippen LogP contribution in [-0.2, 0) is 4.65 Å². The molecule has 0 atom stereocenters. The highest BCUT2D eigenvalue weighted by molar-refractivity contribution is 6.55. The second-order valence-electron chi connectivity index (χ2n) is 9.37. The fraction of sp³-hybridized carbons (Fsp3) is 0.214. The molecule has 0 fully saturated rings. The lowest BCUT2D eigenvalue weighted by atomic mass is 9.76. The van der Waals surface area contributed by atoms with Gasteiger partial charge in [-0.15, -0.1) is 0 Å². The van der Waals surface area contributed by atoms with Gasteiger partial charge in [-0.2, -0.15) is 0 Å². The first-order valence-electron chi connectivity index (χ1n) is 10.9. The molecule has 0 aliphatic carbocycles. The first-order valence-corrected chi connectivity index (χ1v) is 10.9. The van der Waals surface area contributed by atoms with Crippen molar-refractivity contribution in [2.45, 2.75) is 38.9 Å². The lowest BCUT2D eigenvalue weighted by molar-refractivity contribution is -0.0892. The van der Waals surface area contributed by atoms with Gasteiger partial charge in [0.1, 0.15) is 11.2 Å². The van der Waals surface area contributed by atoms with Crippen LogP contribution in [0.15, 0.2) is 83.3 Å². The van der Waals surface area contributed by atoms with E-state index in [1.54, 1.807) is 21.3 Å². The Hall–Kier alpha value is -3.08. The van der Waals surface area contributed by atoms with Gasteiger partial charge >= 0.3 is 7.48 Å². The van der Waals surface area contributed by atoms with Gasteiger partial charge in [-0.3, -0.25) is 0 Å². The minimum absolute atomic E-state index is 0.782. The summed E-state index contributed by atoms with van der Waals surface area (Å²) in [4.78, 5) is 0. The Bertz CT molecular complexity index is 1430. The number of hydrogen-bond acceptors (Lipinski definition) is 3. The normalized spacial score (nSPS) is 12.7. The maximum absolute atomic E-state index is 10.6. The zero-order valence-electron chi connectivity index (χ0n) is 18.8. The highest BCUT2D eigenvalue weighted by Crippen LogP contribution is 2.34. The Morgan fingerprint density at radius 2 is 1.44 bits per heavy atom. The minimum atomic E-state index is -1.01. The average Bonchev–Trinajstić information content (AvgIpc) is 3.13. The lowest BCUT2D eigenvalue weighted by Crippen LogP contribution is -2.49. The molecule has 4 heteroatoms. The smallest absolute Gasteiger partial charge is 0.332 e. The first-order chi connectivity index (χ1) is 15.2. The Morgan fingerprint density at radius 1 is 0.781 bits per heavy atom. The summed E-state index contributed by atoms with van der Waals surface area (Å²) < 4.78 is 12.5. The van der Waals surface area contributed by atoms with E-state index in [0.29, 0.717) is 0 Å². The van der Waals surface area contributed by atoms with Gasteiger partial charge in [0.25, 0.3) is 0 Å². The van der Waals surface area contributed by atoms with Crippen LogP contribution in [0.25, 0.3) is 43.8 Å². The molecule has 0 spiro atoms. The van der Waals surface area contributed by atoms with Crippen LogP contribution < -0.4 is 5.46 Å². The third kappa shape index (κ3) is 3.50. The minimum Gasteiger partial charge on any atom is -0.456 e. The van der Waals surface area contributed by atoms with Gasteiger partial charge in [0, 0.05) is 10.8 Å². The van der Waals surface area contributed by atoms with E-state index >= 15 is 0 Å². The molecule has 0 saturated heterocycles. The van der Waals surface area contributed by atoms with E-state index in [1.807, 2.05) is 50.2 Å². The van der Waals surface area contributed by atoms with E-state index in [4.69, 9.17) is 9.07 Å². The van der Waals surface area contributed by atoms with Gasteiger partial charge in [0.2, 0.25) is 0 Å². The maximum atomic E-state index is 10.6. The predicted octanol–water partition coefficient (Wildman–Crippen LogP) is 6.22. The largest absolute Gasteiger partial charge is 0.456 e. The van der Waals surface area contributed by atoms with Crippen LogP contribution in [0.1, 0.15) is 27.7 Å². The molecule has 1 N–H and O–H groups in total. The van der Waals surface area contributed by atoms with Crippen molar-refractivity contribution in [2.24, 2.45) is 0 Å². The van der Waals surface area contributed by atoms with Crippen LogP contribution in [0.4, 0.5) is 0 Å². The van der Waals surface area contributed by atoms with Gasteiger partial charge in [0.15, 0.2) is 0 Å². The van der Waals surface area contributed by atoms with Crippen LogP contribution >= 0.6 is 0 Å². The van der Waals surface area contributed by atoms with Crippen LogP contribution in [0.3, 0.4) is 0 Å². The molecule has 1 radical (unpaired) electrons. The molecule has 0 amide bonds. The summed E-state index contributed by atoms with van der Waals surface area (Å²) in [5.41, 5.74) is 2.96. The molecule has 1 heterocycles. The van der Waals surface area contributed by atoms with Gasteiger partial charge in [-0.05, 0) is 73.3 Å². The highest BCUT2D eigenvalue weighted by atomic mass is 16.5. The van der Waals surface area contributed by atoms with Crippen molar-refractivity contribution in [3.63, 3.8) is 0 Å². The van der Waals surface area contributed by atoms with Crippen molar-refractivity contribution >= 4 is 45.7 Å². The number of benzene rings is 4. The van der Waals surface area contributed by atoms with E-state index in [9.17, 15) is 5.11 Å². The van der Waals surface area contributed by atoms with E-state index < -0.39 is 11.2 Å². The topological polar surface area (TPSA) is 42.6 Å². The summed E-state index contributed by atoms with van der Waals surface area (Å²) in [7, 11) is 1.78. The van der Waals surface area contributed by atoms with Crippen molar-refractivity contribution in [3.05, 3.63) is 78.9 Å². The zero-order valence-corrected chi connectivity index (χ0v) is 18.8. The molecule has 0 bridgehead atoms. The second kappa shape index (κ2) is 7.51. The zero-order chi connectivity index (χ0) is 22.5. The number of hydrogen-bond donors (Lipinski definition) is 1. The maximum Gasteiger partial charge on any atom is 0.332 e. The molecule has 0 aliphatic heterocycles. The molecule has 159 valence electrons. The van der Waals surface area contributed by atoms with E-state index in [0.717, 1.165) is 49.3 Å². The molecule has 0 unspecified atom stereocenters.